The highest BCUT2D eigenvalue weighted by molar-refractivity contribution is 6.07. The lowest BCUT2D eigenvalue weighted by Gasteiger charge is -2.40. The molecule has 0 spiro atoms. The lowest BCUT2D eigenvalue weighted by molar-refractivity contribution is -0.126. The summed E-state index contributed by atoms with van der Waals surface area (Å²) < 4.78 is 14.3. The summed E-state index contributed by atoms with van der Waals surface area (Å²) in [5, 5.41) is 5.24. The number of imide groups is 1. The van der Waals surface area contributed by atoms with Crippen LogP contribution in [0.5, 0.6) is 0 Å². The number of hydrogen-bond acceptors (Lipinski definition) is 4. The fourth-order valence-electron chi connectivity index (χ4n) is 4.75. The summed E-state index contributed by atoms with van der Waals surface area (Å²) in [6, 6.07) is 14.5. The Balaban J connectivity index is 1.45. The van der Waals surface area contributed by atoms with Crippen LogP contribution in [0.2, 0.25) is 0 Å². The van der Waals surface area contributed by atoms with Gasteiger partial charge in [-0.05, 0) is 61.2 Å². The number of halogens is 1. The quantitative estimate of drug-likeness (QED) is 0.700. The molecular formula is C24H29FN4O2. The molecule has 2 saturated heterocycles. The smallest absolute Gasteiger partial charge is 0.322 e. The number of carbonyl (C=O) groups excluding carboxylic acids is 2. The number of amides is 3. The summed E-state index contributed by atoms with van der Waals surface area (Å²) >= 11 is 0. The van der Waals surface area contributed by atoms with Crippen molar-refractivity contribution < 1.29 is 14.0 Å². The molecular weight excluding hydrogens is 395 g/mol. The zero-order chi connectivity index (χ0) is 22.0. The first-order chi connectivity index (χ1) is 14.9. The summed E-state index contributed by atoms with van der Waals surface area (Å²) in [7, 11) is 4.05. The van der Waals surface area contributed by atoms with E-state index in [1.807, 2.05) is 14.1 Å². The van der Waals surface area contributed by atoms with E-state index in [9.17, 15) is 14.0 Å². The molecule has 0 saturated carbocycles. The van der Waals surface area contributed by atoms with Crippen molar-refractivity contribution >= 4 is 17.6 Å². The monoisotopic (exact) mass is 424 g/mol. The van der Waals surface area contributed by atoms with Crippen LogP contribution >= 0.6 is 0 Å². The molecule has 0 aliphatic carbocycles. The maximum Gasteiger partial charge on any atom is 0.322 e. The van der Waals surface area contributed by atoms with E-state index in [1.165, 1.54) is 17.3 Å². The van der Waals surface area contributed by atoms with E-state index in [0.29, 0.717) is 5.56 Å². The van der Waals surface area contributed by atoms with Gasteiger partial charge in [0, 0.05) is 32.7 Å². The van der Waals surface area contributed by atoms with Crippen LogP contribution in [0, 0.1) is 11.7 Å². The molecule has 1 unspecified atom stereocenters. The molecule has 0 bridgehead atoms. The Morgan fingerprint density at radius 2 is 1.74 bits per heavy atom. The van der Waals surface area contributed by atoms with E-state index in [4.69, 9.17) is 0 Å². The van der Waals surface area contributed by atoms with Gasteiger partial charge in [0.1, 0.15) is 11.4 Å². The maximum absolute atomic E-state index is 14.3. The fraction of sp³-hybridized carbons (Fsp3) is 0.417. The van der Waals surface area contributed by atoms with Gasteiger partial charge in [0.15, 0.2) is 0 Å². The zero-order valence-electron chi connectivity index (χ0n) is 18.0. The van der Waals surface area contributed by atoms with Crippen LogP contribution in [0.3, 0.4) is 0 Å². The Bertz CT molecular complexity index is 954. The Hall–Kier alpha value is -2.93. The minimum atomic E-state index is -1.10. The largest absolute Gasteiger partial charge is 0.378 e. The van der Waals surface area contributed by atoms with Gasteiger partial charge in [-0.1, -0.05) is 30.3 Å². The number of urea groups is 1. The lowest BCUT2D eigenvalue weighted by atomic mass is 9.74. The third kappa shape index (κ3) is 4.42. The SMILES string of the molecule is CN(C)c1ccc(CN2CCC(C3(Cc4ccccc4F)NC(=O)NC3=O)CC2)cc1. The second kappa shape index (κ2) is 8.67. The van der Waals surface area contributed by atoms with Crippen molar-refractivity contribution in [2.24, 2.45) is 5.92 Å². The minimum absolute atomic E-state index is 0.0501. The third-order valence-corrected chi connectivity index (χ3v) is 6.54. The van der Waals surface area contributed by atoms with Gasteiger partial charge >= 0.3 is 6.03 Å². The van der Waals surface area contributed by atoms with Gasteiger partial charge in [0.05, 0.1) is 0 Å². The van der Waals surface area contributed by atoms with Gasteiger partial charge in [0.2, 0.25) is 0 Å². The molecule has 164 valence electrons. The molecule has 4 rings (SSSR count). The van der Waals surface area contributed by atoms with Crippen LogP contribution in [-0.4, -0.2) is 49.6 Å². The average Bonchev–Trinajstić information content (AvgIpc) is 3.04. The second-order valence-corrected chi connectivity index (χ2v) is 8.76. The van der Waals surface area contributed by atoms with Crippen molar-refractivity contribution in [2.75, 3.05) is 32.1 Å². The molecule has 0 aromatic heterocycles. The lowest BCUT2D eigenvalue weighted by Crippen LogP contribution is -2.57. The topological polar surface area (TPSA) is 64.7 Å². The molecule has 2 aliphatic rings. The summed E-state index contributed by atoms with van der Waals surface area (Å²) in [5.74, 6) is -0.751. The van der Waals surface area contributed by atoms with Crippen LogP contribution in [0.4, 0.5) is 14.9 Å². The highest BCUT2D eigenvalue weighted by atomic mass is 19.1. The predicted molar refractivity (Wildman–Crippen MR) is 118 cm³/mol. The molecule has 2 aromatic carbocycles. The molecule has 31 heavy (non-hydrogen) atoms. The van der Waals surface area contributed by atoms with E-state index in [-0.39, 0.29) is 24.1 Å². The second-order valence-electron chi connectivity index (χ2n) is 8.76. The summed E-state index contributed by atoms with van der Waals surface area (Å²) in [5.41, 5.74) is 1.76. The van der Waals surface area contributed by atoms with Crippen LogP contribution < -0.4 is 15.5 Å². The van der Waals surface area contributed by atoms with E-state index in [1.54, 1.807) is 18.2 Å². The van der Waals surface area contributed by atoms with Gasteiger partial charge in [0.25, 0.3) is 5.91 Å². The number of hydrogen-bond donors (Lipinski definition) is 2. The molecule has 2 N–H and O–H groups in total. The minimum Gasteiger partial charge on any atom is -0.378 e. The number of nitrogens with one attached hydrogen (secondary N) is 2. The number of anilines is 1. The molecule has 2 aromatic rings. The fourth-order valence-corrected chi connectivity index (χ4v) is 4.75. The molecule has 2 fully saturated rings. The third-order valence-electron chi connectivity index (χ3n) is 6.54. The zero-order valence-corrected chi connectivity index (χ0v) is 18.0. The number of carbonyl (C=O) groups is 2. The highest BCUT2D eigenvalue weighted by Gasteiger charge is 2.52. The molecule has 6 nitrogen and oxygen atoms in total. The Kier molecular flexibility index (Phi) is 5.96. The maximum atomic E-state index is 14.3. The van der Waals surface area contributed by atoms with Crippen LogP contribution in [0.25, 0.3) is 0 Å². The summed E-state index contributed by atoms with van der Waals surface area (Å²) in [6.45, 7) is 2.49. The van der Waals surface area contributed by atoms with E-state index >= 15 is 0 Å². The standard InChI is InChI=1S/C24H29FN4O2/c1-28(2)20-9-7-17(8-10-20)16-29-13-11-19(12-14-29)24(22(30)26-23(31)27-24)15-18-5-3-4-6-21(18)25/h3-10,19H,11-16H2,1-2H3,(H2,26,27,30,31). The molecule has 0 radical (unpaired) electrons. The van der Waals surface area contributed by atoms with Gasteiger partial charge in [-0.3, -0.25) is 15.0 Å². The molecule has 1 atom stereocenters. The van der Waals surface area contributed by atoms with Gasteiger partial charge in [-0.2, -0.15) is 0 Å². The van der Waals surface area contributed by atoms with Gasteiger partial charge < -0.3 is 10.2 Å². The molecule has 2 aliphatic heterocycles. The van der Waals surface area contributed by atoms with E-state index < -0.39 is 11.6 Å². The van der Waals surface area contributed by atoms with E-state index in [0.717, 1.165) is 32.5 Å². The van der Waals surface area contributed by atoms with Crippen LogP contribution in [-0.2, 0) is 17.8 Å². The number of likely N-dealkylation sites (tertiary alicyclic amines) is 1. The molecule has 2 heterocycles. The Labute approximate surface area is 182 Å². The van der Waals surface area contributed by atoms with Gasteiger partial charge in [-0.15, -0.1) is 0 Å². The predicted octanol–water partition coefficient (Wildman–Crippen LogP) is 2.92. The van der Waals surface area contributed by atoms with Crippen molar-refractivity contribution in [3.05, 3.63) is 65.5 Å². The van der Waals surface area contributed by atoms with Crippen LogP contribution in [0.1, 0.15) is 24.0 Å². The molecule has 3 amide bonds. The molecule has 7 heteroatoms. The Morgan fingerprint density at radius 3 is 2.32 bits per heavy atom. The average molecular weight is 425 g/mol. The first kappa shape index (κ1) is 21.3. The number of piperidine rings is 1. The van der Waals surface area contributed by atoms with Crippen LogP contribution in [0.15, 0.2) is 48.5 Å². The number of nitrogens with zero attached hydrogens (tertiary/aromatic N) is 2. The van der Waals surface area contributed by atoms with Crippen molar-refractivity contribution in [1.29, 1.82) is 0 Å². The van der Waals surface area contributed by atoms with Crippen molar-refractivity contribution in [2.45, 2.75) is 31.3 Å². The number of benzene rings is 2. The Morgan fingerprint density at radius 1 is 1.06 bits per heavy atom. The van der Waals surface area contributed by atoms with Gasteiger partial charge in [-0.25, -0.2) is 9.18 Å². The summed E-state index contributed by atoms with van der Waals surface area (Å²) in [4.78, 5) is 29.3. The van der Waals surface area contributed by atoms with Crippen molar-refractivity contribution in [3.8, 4) is 0 Å². The van der Waals surface area contributed by atoms with E-state index in [2.05, 4.69) is 44.7 Å². The first-order valence-electron chi connectivity index (χ1n) is 10.7. The normalized spacial score (nSPS) is 22.3. The van der Waals surface area contributed by atoms with Crippen molar-refractivity contribution in [3.63, 3.8) is 0 Å². The first-order valence-corrected chi connectivity index (χ1v) is 10.7. The number of rotatable bonds is 6. The van der Waals surface area contributed by atoms with Crippen molar-refractivity contribution in [1.82, 2.24) is 15.5 Å². The highest BCUT2D eigenvalue weighted by Crippen LogP contribution is 2.35. The summed E-state index contributed by atoms with van der Waals surface area (Å²) in [6.07, 6.45) is 1.68.